The van der Waals surface area contributed by atoms with Crippen LogP contribution < -0.4 is 4.74 Å². The highest BCUT2D eigenvalue weighted by atomic mass is 16.5. The van der Waals surface area contributed by atoms with Gasteiger partial charge in [-0.3, -0.25) is 4.98 Å². The maximum Gasteiger partial charge on any atom is 0.230 e. The minimum atomic E-state index is 0.322. The van der Waals surface area contributed by atoms with Gasteiger partial charge < -0.3 is 19.3 Å². The second-order valence-electron chi connectivity index (χ2n) is 5.46. The largest absolute Gasteiger partial charge is 0.467 e. The number of hydrogen-bond donors (Lipinski definition) is 1. The van der Waals surface area contributed by atoms with E-state index in [1.54, 1.807) is 42.7 Å². The molecule has 0 aliphatic rings. The maximum absolute atomic E-state index is 9.56. The molecule has 3 rings (SSSR count). The first-order valence-corrected chi connectivity index (χ1v) is 7.69. The Bertz CT molecular complexity index is 848. The van der Waals surface area contributed by atoms with E-state index in [4.69, 9.17) is 9.15 Å². The third kappa shape index (κ3) is 3.95. The molecule has 0 aliphatic carbocycles. The van der Waals surface area contributed by atoms with Crippen LogP contribution in [0.2, 0.25) is 0 Å². The van der Waals surface area contributed by atoms with E-state index >= 15 is 0 Å². The smallest absolute Gasteiger partial charge is 0.230 e. The molecule has 0 saturated carbocycles. The molecule has 7 heteroatoms. The number of aromatic nitrogens is 2. The van der Waals surface area contributed by atoms with Crippen molar-refractivity contribution in [1.82, 2.24) is 14.9 Å². The van der Waals surface area contributed by atoms with Crippen LogP contribution in [0.5, 0.6) is 11.6 Å². The van der Waals surface area contributed by atoms with Crippen LogP contribution in [0.4, 0.5) is 0 Å². The lowest BCUT2D eigenvalue weighted by Gasteiger charge is -2.20. The summed E-state index contributed by atoms with van der Waals surface area (Å²) in [7, 11) is 1.80. The molecule has 0 saturated heterocycles. The summed E-state index contributed by atoms with van der Waals surface area (Å²) in [5.41, 5.74) is 1.35. The minimum absolute atomic E-state index is 0.322. The number of hydrogen-bond acceptors (Lipinski definition) is 6. The van der Waals surface area contributed by atoms with E-state index in [9.17, 15) is 5.21 Å². The lowest BCUT2D eigenvalue weighted by molar-refractivity contribution is 0.302. The summed E-state index contributed by atoms with van der Waals surface area (Å²) in [6, 6.07) is 10.9. The zero-order valence-electron chi connectivity index (χ0n) is 14.0. The van der Waals surface area contributed by atoms with Crippen molar-refractivity contribution in [2.75, 3.05) is 7.05 Å². The number of nitrogens with zero attached hydrogens (tertiary/aromatic N) is 4. The van der Waals surface area contributed by atoms with E-state index in [1.165, 1.54) is 0 Å². The molecule has 0 spiro atoms. The monoisotopic (exact) mass is 338 g/mol. The van der Waals surface area contributed by atoms with Gasteiger partial charge in [-0.15, -0.1) is 0 Å². The van der Waals surface area contributed by atoms with Gasteiger partial charge in [0.15, 0.2) is 5.84 Å². The van der Waals surface area contributed by atoms with Gasteiger partial charge in [0.2, 0.25) is 5.88 Å². The molecule has 0 amide bonds. The highest BCUT2D eigenvalue weighted by Crippen LogP contribution is 2.25. The normalized spacial score (nSPS) is 11.4. The number of aryl methyl sites for hydroxylation is 1. The fourth-order valence-corrected chi connectivity index (χ4v) is 2.35. The molecule has 1 N–H and O–H groups in total. The maximum atomic E-state index is 9.56. The van der Waals surface area contributed by atoms with Crippen molar-refractivity contribution in [3.63, 3.8) is 0 Å². The van der Waals surface area contributed by atoms with Gasteiger partial charge >= 0.3 is 0 Å². The summed E-state index contributed by atoms with van der Waals surface area (Å²) in [4.78, 5) is 10.2. The molecule has 0 atom stereocenters. The van der Waals surface area contributed by atoms with Crippen molar-refractivity contribution in [2.45, 2.75) is 13.5 Å². The third-order valence-corrected chi connectivity index (χ3v) is 3.52. The Kier molecular flexibility index (Phi) is 4.94. The molecule has 0 bridgehead atoms. The van der Waals surface area contributed by atoms with Gasteiger partial charge in [-0.1, -0.05) is 5.16 Å². The number of furan rings is 1. The Balaban J connectivity index is 1.91. The summed E-state index contributed by atoms with van der Waals surface area (Å²) in [6.07, 6.45) is 4.86. The molecule has 3 aromatic heterocycles. The highest BCUT2D eigenvalue weighted by molar-refractivity contribution is 6.00. The van der Waals surface area contributed by atoms with E-state index in [0.29, 0.717) is 29.6 Å². The first-order chi connectivity index (χ1) is 12.2. The third-order valence-electron chi connectivity index (χ3n) is 3.52. The Hall–Kier alpha value is -3.35. The summed E-state index contributed by atoms with van der Waals surface area (Å²) in [6.45, 7) is 2.30. The SMILES string of the molecule is Cc1ccc(/C(=N/O)N(C)Cc2ccco2)c(Oc2cccnc2)n1. The first kappa shape index (κ1) is 16.5. The van der Waals surface area contributed by atoms with Gasteiger partial charge in [0, 0.05) is 18.9 Å². The van der Waals surface area contributed by atoms with Gasteiger partial charge in [0.25, 0.3) is 0 Å². The Morgan fingerprint density at radius 2 is 2.16 bits per heavy atom. The lowest BCUT2D eigenvalue weighted by Crippen LogP contribution is -2.27. The van der Waals surface area contributed by atoms with Crippen LogP contribution >= 0.6 is 0 Å². The van der Waals surface area contributed by atoms with E-state index in [-0.39, 0.29) is 0 Å². The summed E-state index contributed by atoms with van der Waals surface area (Å²) in [5.74, 6) is 1.96. The van der Waals surface area contributed by atoms with Crippen LogP contribution in [0.3, 0.4) is 0 Å². The van der Waals surface area contributed by atoms with E-state index in [1.807, 2.05) is 31.2 Å². The van der Waals surface area contributed by atoms with Crippen LogP contribution in [0.25, 0.3) is 0 Å². The van der Waals surface area contributed by atoms with Crippen molar-refractivity contribution in [2.24, 2.45) is 5.16 Å². The van der Waals surface area contributed by atoms with Crippen LogP contribution in [-0.4, -0.2) is 33.0 Å². The predicted molar refractivity (Wildman–Crippen MR) is 91.8 cm³/mol. The molecule has 3 aromatic rings. The Labute approximate surface area is 145 Å². The van der Waals surface area contributed by atoms with Gasteiger partial charge in [0.1, 0.15) is 11.5 Å². The van der Waals surface area contributed by atoms with Gasteiger partial charge in [-0.2, -0.15) is 0 Å². The molecule has 25 heavy (non-hydrogen) atoms. The molecule has 7 nitrogen and oxygen atoms in total. The first-order valence-electron chi connectivity index (χ1n) is 7.69. The molecule has 0 unspecified atom stereocenters. The van der Waals surface area contributed by atoms with Gasteiger partial charge in [-0.25, -0.2) is 4.98 Å². The van der Waals surface area contributed by atoms with Crippen LogP contribution in [0, 0.1) is 6.92 Å². The van der Waals surface area contributed by atoms with Crippen LogP contribution in [0.15, 0.2) is 64.6 Å². The molecule has 128 valence electrons. The topological polar surface area (TPSA) is 84.0 Å². The molecular formula is C18H18N4O3. The second kappa shape index (κ2) is 7.48. The summed E-state index contributed by atoms with van der Waals surface area (Å²) >= 11 is 0. The molecule has 0 fully saturated rings. The number of rotatable bonds is 5. The molecule has 0 aromatic carbocycles. The molecule has 0 aliphatic heterocycles. The highest BCUT2D eigenvalue weighted by Gasteiger charge is 2.19. The number of amidine groups is 1. The fraction of sp³-hybridized carbons (Fsp3) is 0.167. The molecule has 0 radical (unpaired) electrons. The van der Waals surface area contributed by atoms with Crippen molar-refractivity contribution < 1.29 is 14.4 Å². The van der Waals surface area contributed by atoms with Crippen LogP contribution in [0.1, 0.15) is 17.0 Å². The van der Waals surface area contributed by atoms with Crippen molar-refractivity contribution in [3.8, 4) is 11.6 Å². The predicted octanol–water partition coefficient (Wildman–Crippen LogP) is 3.44. The van der Waals surface area contributed by atoms with E-state index in [0.717, 1.165) is 11.5 Å². The van der Waals surface area contributed by atoms with Gasteiger partial charge in [-0.05, 0) is 43.3 Å². The molecular weight excluding hydrogens is 320 g/mol. The average Bonchev–Trinajstić information content (AvgIpc) is 3.11. The lowest BCUT2D eigenvalue weighted by atomic mass is 10.2. The van der Waals surface area contributed by atoms with Gasteiger partial charge in [0.05, 0.1) is 24.6 Å². The zero-order valence-corrected chi connectivity index (χ0v) is 14.0. The number of pyridine rings is 2. The summed E-state index contributed by atoms with van der Waals surface area (Å²) < 4.78 is 11.2. The quantitative estimate of drug-likeness (QED) is 0.332. The number of oxime groups is 1. The standard InChI is InChI=1S/C18H18N4O3/c1-13-7-8-16(18(20-13)25-14-5-3-9-19-11-14)17(21-23)22(2)12-15-6-4-10-24-15/h3-11,23H,12H2,1-2H3/b21-17-. The van der Waals surface area contributed by atoms with E-state index in [2.05, 4.69) is 15.1 Å². The van der Waals surface area contributed by atoms with Crippen molar-refractivity contribution in [1.29, 1.82) is 0 Å². The van der Waals surface area contributed by atoms with Crippen LogP contribution in [-0.2, 0) is 6.54 Å². The summed E-state index contributed by atoms with van der Waals surface area (Å²) in [5, 5.41) is 13.0. The minimum Gasteiger partial charge on any atom is -0.467 e. The Morgan fingerprint density at radius 1 is 1.28 bits per heavy atom. The number of ether oxygens (including phenoxy) is 1. The second-order valence-corrected chi connectivity index (χ2v) is 5.46. The van der Waals surface area contributed by atoms with Crippen molar-refractivity contribution in [3.05, 3.63) is 72.1 Å². The van der Waals surface area contributed by atoms with E-state index < -0.39 is 0 Å². The zero-order chi connectivity index (χ0) is 17.6. The van der Waals surface area contributed by atoms with Crippen molar-refractivity contribution >= 4 is 5.84 Å². The Morgan fingerprint density at radius 3 is 2.84 bits per heavy atom. The molecule has 3 heterocycles. The fourth-order valence-electron chi connectivity index (χ4n) is 2.35. The average molecular weight is 338 g/mol.